The van der Waals surface area contributed by atoms with Crippen LogP contribution in [-0.2, 0) is 27.8 Å². The van der Waals surface area contributed by atoms with Gasteiger partial charge in [-0.2, -0.15) is 4.31 Å². The first-order valence-corrected chi connectivity index (χ1v) is 12.2. The summed E-state index contributed by atoms with van der Waals surface area (Å²) in [5, 5.41) is 2.93. The fraction of sp³-hybridized carbons (Fsp3) is 0.208. The fourth-order valence-corrected chi connectivity index (χ4v) is 4.97. The minimum Gasteiger partial charge on any atom is -0.324 e. The Labute approximate surface area is 192 Å². The molecule has 0 atom stereocenters. The van der Waals surface area contributed by atoms with Gasteiger partial charge in [0.1, 0.15) is 0 Å². The van der Waals surface area contributed by atoms with Crippen molar-refractivity contribution in [3.05, 3.63) is 94.0 Å². The van der Waals surface area contributed by atoms with Crippen molar-refractivity contribution >= 4 is 37.5 Å². The molecule has 3 aromatic carbocycles. The maximum Gasteiger partial charge on any atom is 0.243 e. The Morgan fingerprint density at radius 3 is 2.29 bits per heavy atom. The summed E-state index contributed by atoms with van der Waals surface area (Å²) in [4.78, 5) is 13.1. The van der Waals surface area contributed by atoms with E-state index in [0.717, 1.165) is 33.3 Å². The lowest BCUT2D eigenvalue weighted by Gasteiger charge is -2.23. The molecule has 162 valence electrons. The van der Waals surface area contributed by atoms with Crippen molar-refractivity contribution in [2.75, 3.05) is 11.9 Å². The Bertz CT molecular complexity index is 1150. The van der Waals surface area contributed by atoms with Crippen LogP contribution in [0.4, 0.5) is 5.69 Å². The van der Waals surface area contributed by atoms with Crippen LogP contribution in [0.25, 0.3) is 0 Å². The van der Waals surface area contributed by atoms with E-state index in [1.807, 2.05) is 56.3 Å². The quantitative estimate of drug-likeness (QED) is 0.464. The van der Waals surface area contributed by atoms with Gasteiger partial charge in [0.25, 0.3) is 0 Å². The lowest BCUT2D eigenvalue weighted by molar-refractivity contribution is -0.116. The topological polar surface area (TPSA) is 66.5 Å². The molecule has 0 saturated heterocycles. The smallest absolute Gasteiger partial charge is 0.243 e. The van der Waals surface area contributed by atoms with Gasteiger partial charge in [-0.15, -0.1) is 0 Å². The van der Waals surface area contributed by atoms with Gasteiger partial charge in [0.2, 0.25) is 15.9 Å². The molecule has 0 fully saturated rings. The van der Waals surface area contributed by atoms with Crippen LogP contribution in [-0.4, -0.2) is 25.2 Å². The second kappa shape index (κ2) is 10.2. The Kier molecular flexibility index (Phi) is 7.64. The summed E-state index contributed by atoms with van der Waals surface area (Å²) in [7, 11) is -3.86. The maximum absolute atomic E-state index is 13.3. The molecule has 3 rings (SSSR count). The normalized spacial score (nSPS) is 11.5. The van der Waals surface area contributed by atoms with Gasteiger partial charge >= 0.3 is 0 Å². The predicted octanol–water partition coefficient (Wildman–Crippen LogP) is 5.15. The minimum atomic E-state index is -3.86. The molecule has 0 aliphatic heterocycles. The molecule has 0 aromatic heterocycles. The monoisotopic (exact) mass is 500 g/mol. The van der Waals surface area contributed by atoms with E-state index in [1.165, 1.54) is 4.31 Å². The van der Waals surface area contributed by atoms with E-state index in [4.69, 9.17) is 0 Å². The largest absolute Gasteiger partial charge is 0.324 e. The van der Waals surface area contributed by atoms with Gasteiger partial charge < -0.3 is 5.32 Å². The number of aryl methyl sites for hydroxylation is 2. The highest BCUT2D eigenvalue weighted by molar-refractivity contribution is 9.10. The van der Waals surface area contributed by atoms with Crippen LogP contribution in [0.3, 0.4) is 0 Å². The van der Waals surface area contributed by atoms with Crippen LogP contribution >= 0.6 is 15.9 Å². The summed E-state index contributed by atoms with van der Waals surface area (Å²) < 4.78 is 28.8. The molecule has 0 unspecified atom stereocenters. The third-order valence-corrected chi connectivity index (χ3v) is 7.31. The van der Waals surface area contributed by atoms with Gasteiger partial charge in [-0.3, -0.25) is 4.79 Å². The van der Waals surface area contributed by atoms with Gasteiger partial charge in [0.05, 0.1) is 11.4 Å². The summed E-state index contributed by atoms with van der Waals surface area (Å²) in [6, 6.07) is 21.4. The number of halogens is 1. The third-order valence-electron chi connectivity index (χ3n) is 4.98. The SMILES string of the molecule is CCc1cccc(C)c1NC(=O)CN(Cc1ccc(Br)cc1)S(=O)(=O)c1ccccc1. The summed E-state index contributed by atoms with van der Waals surface area (Å²) >= 11 is 3.39. The zero-order valence-electron chi connectivity index (χ0n) is 17.5. The Morgan fingerprint density at radius 1 is 0.968 bits per heavy atom. The van der Waals surface area contributed by atoms with E-state index in [9.17, 15) is 13.2 Å². The highest BCUT2D eigenvalue weighted by atomic mass is 79.9. The Hall–Kier alpha value is -2.48. The third kappa shape index (κ3) is 5.81. The molecule has 5 nitrogen and oxygen atoms in total. The first kappa shape index (κ1) is 23.2. The fourth-order valence-electron chi connectivity index (χ4n) is 3.30. The van der Waals surface area contributed by atoms with Crippen molar-refractivity contribution in [1.29, 1.82) is 0 Å². The molecule has 0 spiro atoms. The number of rotatable bonds is 8. The molecular weight excluding hydrogens is 476 g/mol. The van der Waals surface area contributed by atoms with Gasteiger partial charge in [0, 0.05) is 16.7 Å². The molecule has 1 N–H and O–H groups in total. The van der Waals surface area contributed by atoms with Crippen LogP contribution in [0.1, 0.15) is 23.6 Å². The molecule has 7 heteroatoms. The van der Waals surface area contributed by atoms with E-state index in [1.54, 1.807) is 30.3 Å². The molecule has 0 saturated carbocycles. The zero-order chi connectivity index (χ0) is 22.4. The molecule has 0 aliphatic rings. The van der Waals surface area contributed by atoms with Crippen molar-refractivity contribution in [3.63, 3.8) is 0 Å². The summed E-state index contributed by atoms with van der Waals surface area (Å²) in [5.74, 6) is -0.374. The average molecular weight is 501 g/mol. The number of anilines is 1. The van der Waals surface area contributed by atoms with E-state index < -0.39 is 10.0 Å². The van der Waals surface area contributed by atoms with Crippen molar-refractivity contribution in [3.8, 4) is 0 Å². The highest BCUT2D eigenvalue weighted by Gasteiger charge is 2.27. The predicted molar refractivity (Wildman–Crippen MR) is 127 cm³/mol. The van der Waals surface area contributed by atoms with E-state index in [0.29, 0.717) is 0 Å². The van der Waals surface area contributed by atoms with Crippen LogP contribution in [0, 0.1) is 6.92 Å². The van der Waals surface area contributed by atoms with Crippen molar-refractivity contribution in [2.24, 2.45) is 0 Å². The maximum atomic E-state index is 13.3. The number of sulfonamides is 1. The Balaban J connectivity index is 1.89. The van der Waals surface area contributed by atoms with Gasteiger partial charge in [-0.1, -0.05) is 71.4 Å². The number of hydrogen-bond donors (Lipinski definition) is 1. The molecule has 0 bridgehead atoms. The lowest BCUT2D eigenvalue weighted by atomic mass is 10.1. The number of nitrogens with zero attached hydrogens (tertiary/aromatic N) is 1. The van der Waals surface area contributed by atoms with Crippen molar-refractivity contribution in [2.45, 2.75) is 31.7 Å². The van der Waals surface area contributed by atoms with Crippen LogP contribution in [0.15, 0.2) is 82.2 Å². The summed E-state index contributed by atoms with van der Waals surface area (Å²) in [6.07, 6.45) is 0.766. The molecule has 1 amide bonds. The molecule has 3 aromatic rings. The van der Waals surface area contributed by atoms with E-state index in [-0.39, 0.29) is 23.9 Å². The summed E-state index contributed by atoms with van der Waals surface area (Å²) in [6.45, 7) is 3.75. The van der Waals surface area contributed by atoms with Gasteiger partial charge in [-0.25, -0.2) is 8.42 Å². The van der Waals surface area contributed by atoms with Crippen LogP contribution < -0.4 is 5.32 Å². The minimum absolute atomic E-state index is 0.0896. The molecule has 0 radical (unpaired) electrons. The van der Waals surface area contributed by atoms with Gasteiger partial charge in [-0.05, 0) is 54.3 Å². The number of hydrogen-bond acceptors (Lipinski definition) is 3. The van der Waals surface area contributed by atoms with E-state index in [2.05, 4.69) is 21.2 Å². The number of carbonyl (C=O) groups excluding carboxylic acids is 1. The highest BCUT2D eigenvalue weighted by Crippen LogP contribution is 2.23. The lowest BCUT2D eigenvalue weighted by Crippen LogP contribution is -2.37. The Morgan fingerprint density at radius 2 is 1.65 bits per heavy atom. The second-order valence-electron chi connectivity index (χ2n) is 7.22. The number of para-hydroxylation sites is 1. The second-order valence-corrected chi connectivity index (χ2v) is 10.1. The van der Waals surface area contributed by atoms with E-state index >= 15 is 0 Å². The molecule has 31 heavy (non-hydrogen) atoms. The number of amides is 1. The standard InChI is InChI=1S/C24H25BrN2O3S/c1-3-20-9-7-8-18(2)24(20)26-23(28)17-27(16-19-12-14-21(25)15-13-19)31(29,30)22-10-5-4-6-11-22/h4-15H,3,16-17H2,1-2H3,(H,26,28). The van der Waals surface area contributed by atoms with Crippen LogP contribution in [0.2, 0.25) is 0 Å². The van der Waals surface area contributed by atoms with Crippen molar-refractivity contribution < 1.29 is 13.2 Å². The first-order chi connectivity index (χ1) is 14.8. The number of nitrogens with one attached hydrogen (secondary N) is 1. The van der Waals surface area contributed by atoms with Crippen LogP contribution in [0.5, 0.6) is 0 Å². The molecular formula is C24H25BrN2O3S. The first-order valence-electron chi connectivity index (χ1n) is 9.99. The van der Waals surface area contributed by atoms with Crippen molar-refractivity contribution in [1.82, 2.24) is 4.31 Å². The number of carbonyl (C=O) groups is 1. The summed E-state index contributed by atoms with van der Waals surface area (Å²) in [5.41, 5.74) is 3.49. The zero-order valence-corrected chi connectivity index (χ0v) is 19.9. The molecule has 0 aliphatic carbocycles. The molecule has 0 heterocycles. The van der Waals surface area contributed by atoms with Gasteiger partial charge in [0.15, 0.2) is 0 Å². The number of benzene rings is 3. The average Bonchev–Trinajstić information content (AvgIpc) is 2.76.